The maximum Gasteiger partial charge on any atom is 0.221 e. The molecule has 0 radical (unpaired) electrons. The normalized spacial score (nSPS) is 16.1. The average Bonchev–Trinajstić information content (AvgIpc) is 3.11. The van der Waals surface area contributed by atoms with Crippen LogP contribution in [0, 0.1) is 5.41 Å². The first kappa shape index (κ1) is 14.1. The van der Waals surface area contributed by atoms with Crippen molar-refractivity contribution in [2.24, 2.45) is 5.41 Å². The summed E-state index contributed by atoms with van der Waals surface area (Å²) >= 11 is 0. The molecule has 3 nitrogen and oxygen atoms in total. The van der Waals surface area contributed by atoms with Crippen LogP contribution in [-0.2, 0) is 11.3 Å². The van der Waals surface area contributed by atoms with Crippen LogP contribution in [0.5, 0.6) is 0 Å². The smallest absolute Gasteiger partial charge is 0.221 e. The number of anilines is 1. The van der Waals surface area contributed by atoms with Crippen LogP contribution in [0.25, 0.3) is 0 Å². The molecule has 1 aliphatic carbocycles. The summed E-state index contributed by atoms with van der Waals surface area (Å²) in [4.78, 5) is 11.2. The molecule has 0 atom stereocenters. The number of hydrogen-bond acceptors (Lipinski definition) is 2. The van der Waals surface area contributed by atoms with Crippen LogP contribution >= 0.6 is 0 Å². The van der Waals surface area contributed by atoms with Gasteiger partial charge in [0.2, 0.25) is 5.91 Å². The van der Waals surface area contributed by atoms with Crippen LogP contribution in [-0.4, -0.2) is 12.5 Å². The molecule has 104 valence electrons. The number of benzene rings is 1. The van der Waals surface area contributed by atoms with Crippen molar-refractivity contribution in [2.45, 2.75) is 46.1 Å². The van der Waals surface area contributed by atoms with Gasteiger partial charge in [-0.25, -0.2) is 0 Å². The van der Waals surface area contributed by atoms with E-state index in [1.807, 2.05) is 18.2 Å². The van der Waals surface area contributed by atoms with Crippen molar-refractivity contribution in [3.8, 4) is 0 Å². The van der Waals surface area contributed by atoms with E-state index < -0.39 is 0 Å². The van der Waals surface area contributed by atoms with Crippen molar-refractivity contribution in [2.75, 3.05) is 11.9 Å². The van der Waals surface area contributed by atoms with Crippen molar-refractivity contribution in [3.05, 3.63) is 29.8 Å². The number of para-hydroxylation sites is 1. The van der Waals surface area contributed by atoms with Gasteiger partial charge in [0.1, 0.15) is 0 Å². The van der Waals surface area contributed by atoms with E-state index >= 15 is 0 Å². The summed E-state index contributed by atoms with van der Waals surface area (Å²) in [6.45, 7) is 5.72. The molecule has 0 unspecified atom stereocenters. The Morgan fingerprint density at radius 3 is 2.68 bits per heavy atom. The average molecular weight is 260 g/mol. The molecule has 19 heavy (non-hydrogen) atoms. The summed E-state index contributed by atoms with van der Waals surface area (Å²) in [6, 6.07) is 7.99. The Bertz CT molecular complexity index is 438. The number of nitrogens with one attached hydrogen (secondary N) is 2. The van der Waals surface area contributed by atoms with Gasteiger partial charge in [0.15, 0.2) is 0 Å². The van der Waals surface area contributed by atoms with E-state index in [2.05, 4.69) is 23.6 Å². The Morgan fingerprint density at radius 2 is 2.05 bits per heavy atom. The fourth-order valence-electron chi connectivity index (χ4n) is 2.67. The van der Waals surface area contributed by atoms with Gasteiger partial charge in [-0.1, -0.05) is 31.5 Å². The first-order chi connectivity index (χ1) is 9.15. The number of rotatable bonds is 7. The van der Waals surface area contributed by atoms with Crippen LogP contribution in [0.3, 0.4) is 0 Å². The van der Waals surface area contributed by atoms with Gasteiger partial charge in [0.05, 0.1) is 0 Å². The highest BCUT2D eigenvalue weighted by atomic mass is 16.1. The zero-order chi connectivity index (χ0) is 13.7. The SMILES string of the molecule is CCCC1(CNCc2ccccc2NC(C)=O)CC1. The minimum Gasteiger partial charge on any atom is -0.326 e. The highest BCUT2D eigenvalue weighted by molar-refractivity contribution is 5.89. The molecule has 0 heterocycles. The second-order valence-electron chi connectivity index (χ2n) is 5.69. The van der Waals surface area contributed by atoms with Crippen molar-refractivity contribution in [3.63, 3.8) is 0 Å². The molecule has 1 amide bonds. The van der Waals surface area contributed by atoms with Crippen LogP contribution in [0.2, 0.25) is 0 Å². The Morgan fingerprint density at radius 1 is 1.32 bits per heavy atom. The highest BCUT2D eigenvalue weighted by Gasteiger charge is 2.40. The lowest BCUT2D eigenvalue weighted by Crippen LogP contribution is -2.24. The summed E-state index contributed by atoms with van der Waals surface area (Å²) in [6.07, 6.45) is 5.32. The Balaban J connectivity index is 1.87. The molecule has 1 aromatic carbocycles. The predicted octanol–water partition coefficient (Wildman–Crippen LogP) is 3.31. The topological polar surface area (TPSA) is 41.1 Å². The van der Waals surface area contributed by atoms with E-state index in [-0.39, 0.29) is 5.91 Å². The van der Waals surface area contributed by atoms with Gasteiger partial charge in [0.25, 0.3) is 0 Å². The second-order valence-corrected chi connectivity index (χ2v) is 5.69. The molecule has 3 heteroatoms. The van der Waals surface area contributed by atoms with E-state index in [1.165, 1.54) is 25.7 Å². The monoisotopic (exact) mass is 260 g/mol. The third-order valence-corrected chi connectivity index (χ3v) is 3.88. The molecule has 2 rings (SSSR count). The Labute approximate surface area is 115 Å². The maximum atomic E-state index is 11.2. The van der Waals surface area contributed by atoms with E-state index in [0.717, 1.165) is 24.3 Å². The molecule has 0 aromatic heterocycles. The molecule has 2 N–H and O–H groups in total. The molecule has 0 saturated heterocycles. The first-order valence-electron chi connectivity index (χ1n) is 7.21. The molecule has 0 aliphatic heterocycles. The fourth-order valence-corrected chi connectivity index (χ4v) is 2.67. The van der Waals surface area contributed by atoms with Crippen LogP contribution in [0.15, 0.2) is 24.3 Å². The van der Waals surface area contributed by atoms with E-state index in [0.29, 0.717) is 5.41 Å². The van der Waals surface area contributed by atoms with Gasteiger partial charge in [0, 0.05) is 25.7 Å². The largest absolute Gasteiger partial charge is 0.326 e. The molecule has 0 bridgehead atoms. The zero-order valence-corrected chi connectivity index (χ0v) is 12.0. The summed E-state index contributed by atoms with van der Waals surface area (Å²) in [7, 11) is 0. The number of carbonyl (C=O) groups excluding carboxylic acids is 1. The number of hydrogen-bond donors (Lipinski definition) is 2. The Hall–Kier alpha value is -1.35. The van der Waals surface area contributed by atoms with Crippen molar-refractivity contribution in [1.82, 2.24) is 5.32 Å². The van der Waals surface area contributed by atoms with Gasteiger partial charge in [-0.3, -0.25) is 4.79 Å². The van der Waals surface area contributed by atoms with Gasteiger partial charge in [-0.15, -0.1) is 0 Å². The summed E-state index contributed by atoms with van der Waals surface area (Å²) in [5.41, 5.74) is 2.64. The second kappa shape index (κ2) is 6.20. The third-order valence-electron chi connectivity index (χ3n) is 3.88. The number of carbonyl (C=O) groups is 1. The van der Waals surface area contributed by atoms with E-state index in [4.69, 9.17) is 0 Å². The standard InChI is InChI=1S/C16H24N2O/c1-3-8-16(9-10-16)12-17-11-14-6-4-5-7-15(14)18-13(2)19/h4-7,17H,3,8-12H2,1-2H3,(H,18,19). The van der Waals surface area contributed by atoms with Gasteiger partial charge < -0.3 is 10.6 Å². The van der Waals surface area contributed by atoms with Crippen molar-refractivity contribution >= 4 is 11.6 Å². The van der Waals surface area contributed by atoms with Gasteiger partial charge in [-0.2, -0.15) is 0 Å². The summed E-state index contributed by atoms with van der Waals surface area (Å²) < 4.78 is 0. The lowest BCUT2D eigenvalue weighted by atomic mass is 10.0. The Kier molecular flexibility index (Phi) is 4.59. The lowest BCUT2D eigenvalue weighted by molar-refractivity contribution is -0.114. The van der Waals surface area contributed by atoms with Crippen molar-refractivity contribution < 1.29 is 4.79 Å². The molecular weight excluding hydrogens is 236 g/mol. The maximum absolute atomic E-state index is 11.2. The number of amides is 1. The van der Waals surface area contributed by atoms with Gasteiger partial charge >= 0.3 is 0 Å². The highest BCUT2D eigenvalue weighted by Crippen LogP contribution is 2.48. The van der Waals surface area contributed by atoms with Crippen molar-refractivity contribution in [1.29, 1.82) is 0 Å². The third kappa shape index (κ3) is 4.06. The van der Waals surface area contributed by atoms with Gasteiger partial charge in [-0.05, 0) is 36.3 Å². The van der Waals surface area contributed by atoms with Crippen LogP contribution in [0.1, 0.15) is 45.1 Å². The predicted molar refractivity (Wildman–Crippen MR) is 79.0 cm³/mol. The minimum atomic E-state index is -0.0166. The summed E-state index contributed by atoms with van der Waals surface area (Å²) in [5.74, 6) is -0.0166. The molecule has 0 spiro atoms. The molecule has 1 aliphatic rings. The lowest BCUT2D eigenvalue weighted by Gasteiger charge is -2.16. The quantitative estimate of drug-likeness (QED) is 0.789. The van der Waals surface area contributed by atoms with Crippen LogP contribution < -0.4 is 10.6 Å². The molecule has 1 aromatic rings. The molecule has 1 fully saturated rings. The van der Waals surface area contributed by atoms with E-state index in [9.17, 15) is 4.79 Å². The van der Waals surface area contributed by atoms with E-state index in [1.54, 1.807) is 6.92 Å². The first-order valence-corrected chi connectivity index (χ1v) is 7.21. The fraction of sp³-hybridized carbons (Fsp3) is 0.562. The molecular formula is C16H24N2O. The van der Waals surface area contributed by atoms with Crippen LogP contribution in [0.4, 0.5) is 5.69 Å². The summed E-state index contributed by atoms with van der Waals surface area (Å²) in [5, 5.41) is 6.43. The molecule has 1 saturated carbocycles. The zero-order valence-electron chi connectivity index (χ0n) is 12.0. The minimum absolute atomic E-state index is 0.0166.